The third-order valence-electron chi connectivity index (χ3n) is 3.56. The van der Waals surface area contributed by atoms with E-state index in [2.05, 4.69) is 64.1 Å². The Bertz CT molecular complexity index is 580. The summed E-state index contributed by atoms with van der Waals surface area (Å²) in [5.41, 5.74) is 5.15. The Hall–Kier alpha value is -1.10. The van der Waals surface area contributed by atoms with Crippen LogP contribution in [0.25, 0.3) is 0 Å². The third kappa shape index (κ3) is 2.11. The van der Waals surface area contributed by atoms with E-state index in [0.717, 1.165) is 12.8 Å². The molecule has 1 aromatic carbocycles. The highest BCUT2D eigenvalue weighted by atomic mass is 127. The van der Waals surface area contributed by atoms with Crippen LogP contribution in [0.5, 0.6) is 0 Å². The quantitative estimate of drug-likeness (QED) is 0.825. The van der Waals surface area contributed by atoms with E-state index in [4.69, 9.17) is 0 Å². The number of aromatic nitrogens is 1. The molecule has 1 unspecified atom stereocenters. The average molecular weight is 350 g/mol. The van der Waals surface area contributed by atoms with Crippen LogP contribution in [0.15, 0.2) is 36.5 Å². The zero-order valence-corrected chi connectivity index (χ0v) is 12.4. The number of hydrogen-bond donors (Lipinski definition) is 1. The SMILES string of the molecule is Cc1c(I)cccc1NC1CCc2cccnc21. The lowest BCUT2D eigenvalue weighted by Crippen LogP contribution is -2.09. The fraction of sp³-hybridized carbons (Fsp3) is 0.267. The van der Waals surface area contributed by atoms with Crippen molar-refractivity contribution < 1.29 is 0 Å². The molecule has 0 spiro atoms. The number of pyridine rings is 1. The van der Waals surface area contributed by atoms with Crippen molar-refractivity contribution in [2.24, 2.45) is 0 Å². The molecule has 0 amide bonds. The number of fused-ring (bicyclic) bond motifs is 1. The topological polar surface area (TPSA) is 24.9 Å². The van der Waals surface area contributed by atoms with Gasteiger partial charge in [-0.15, -0.1) is 0 Å². The molecule has 1 atom stereocenters. The number of nitrogens with zero attached hydrogens (tertiary/aromatic N) is 1. The predicted octanol–water partition coefficient (Wildman–Crippen LogP) is 4.09. The minimum Gasteiger partial charge on any atom is -0.376 e. The minimum absolute atomic E-state index is 0.359. The fourth-order valence-corrected chi connectivity index (χ4v) is 3.00. The van der Waals surface area contributed by atoms with Crippen molar-refractivity contribution in [1.29, 1.82) is 0 Å². The number of rotatable bonds is 2. The predicted molar refractivity (Wildman–Crippen MR) is 82.8 cm³/mol. The van der Waals surface area contributed by atoms with Crippen molar-refractivity contribution in [2.45, 2.75) is 25.8 Å². The van der Waals surface area contributed by atoms with Crippen molar-refractivity contribution in [2.75, 3.05) is 5.32 Å². The summed E-state index contributed by atoms with van der Waals surface area (Å²) in [4.78, 5) is 4.52. The Balaban J connectivity index is 1.89. The van der Waals surface area contributed by atoms with Gasteiger partial charge in [0.2, 0.25) is 0 Å². The number of benzene rings is 1. The van der Waals surface area contributed by atoms with Gasteiger partial charge in [0, 0.05) is 15.5 Å². The van der Waals surface area contributed by atoms with Crippen molar-refractivity contribution in [3.63, 3.8) is 0 Å². The van der Waals surface area contributed by atoms with Gasteiger partial charge in [-0.25, -0.2) is 0 Å². The Morgan fingerprint density at radius 3 is 3.06 bits per heavy atom. The maximum absolute atomic E-state index is 4.52. The molecule has 0 bridgehead atoms. The second kappa shape index (κ2) is 4.88. The molecule has 2 nitrogen and oxygen atoms in total. The van der Waals surface area contributed by atoms with Crippen molar-refractivity contribution in [3.8, 4) is 0 Å². The lowest BCUT2D eigenvalue weighted by molar-refractivity contribution is 0.745. The van der Waals surface area contributed by atoms with Crippen LogP contribution in [0.3, 0.4) is 0 Å². The lowest BCUT2D eigenvalue weighted by Gasteiger charge is -2.17. The van der Waals surface area contributed by atoms with Gasteiger partial charge in [0.05, 0.1) is 11.7 Å². The summed E-state index contributed by atoms with van der Waals surface area (Å²) in [5, 5.41) is 3.64. The second-order valence-corrected chi connectivity index (χ2v) is 5.86. The van der Waals surface area contributed by atoms with E-state index >= 15 is 0 Å². The third-order valence-corrected chi connectivity index (χ3v) is 4.72. The standard InChI is InChI=1S/C15H15IN2/c1-10-12(16)5-2-6-13(10)18-14-8-7-11-4-3-9-17-15(11)14/h2-6,9,14,18H,7-8H2,1H3. The maximum Gasteiger partial charge on any atom is 0.0691 e. The number of anilines is 1. The number of aryl methyl sites for hydroxylation is 1. The maximum atomic E-state index is 4.52. The summed E-state index contributed by atoms with van der Waals surface area (Å²) in [6.45, 7) is 2.17. The van der Waals surface area contributed by atoms with Gasteiger partial charge >= 0.3 is 0 Å². The highest BCUT2D eigenvalue weighted by Crippen LogP contribution is 2.33. The van der Waals surface area contributed by atoms with Gasteiger partial charge < -0.3 is 5.32 Å². The molecule has 0 saturated heterocycles. The summed E-state index contributed by atoms with van der Waals surface area (Å²) < 4.78 is 1.30. The molecule has 0 saturated carbocycles. The van der Waals surface area contributed by atoms with Crippen LogP contribution in [0.4, 0.5) is 5.69 Å². The van der Waals surface area contributed by atoms with E-state index in [1.54, 1.807) is 0 Å². The molecule has 1 aromatic heterocycles. The molecule has 1 aliphatic carbocycles. The van der Waals surface area contributed by atoms with Gasteiger partial charge in [-0.1, -0.05) is 12.1 Å². The van der Waals surface area contributed by atoms with Crippen LogP contribution in [-0.4, -0.2) is 4.98 Å². The molecule has 1 aliphatic rings. The van der Waals surface area contributed by atoms with E-state index in [9.17, 15) is 0 Å². The van der Waals surface area contributed by atoms with Crippen LogP contribution in [-0.2, 0) is 6.42 Å². The summed E-state index contributed by atoms with van der Waals surface area (Å²) in [5.74, 6) is 0. The Kier molecular flexibility index (Phi) is 3.24. The first-order valence-electron chi connectivity index (χ1n) is 6.21. The molecule has 2 aromatic rings. The van der Waals surface area contributed by atoms with Crippen LogP contribution in [0.1, 0.15) is 29.3 Å². The smallest absolute Gasteiger partial charge is 0.0691 e. The van der Waals surface area contributed by atoms with Crippen LogP contribution < -0.4 is 5.32 Å². The molecule has 18 heavy (non-hydrogen) atoms. The molecule has 1 N–H and O–H groups in total. The van der Waals surface area contributed by atoms with Crippen molar-refractivity contribution in [3.05, 3.63) is 56.9 Å². The molecule has 0 radical (unpaired) electrons. The van der Waals surface area contributed by atoms with Gasteiger partial charge in [-0.3, -0.25) is 4.98 Å². The molecule has 3 heteroatoms. The van der Waals surface area contributed by atoms with Gasteiger partial charge in [0.15, 0.2) is 0 Å². The van der Waals surface area contributed by atoms with E-state index in [0.29, 0.717) is 6.04 Å². The number of halogens is 1. The first-order chi connectivity index (χ1) is 8.75. The van der Waals surface area contributed by atoms with E-state index in [1.807, 2.05) is 12.3 Å². The molecular formula is C15H15IN2. The number of hydrogen-bond acceptors (Lipinski definition) is 2. The van der Waals surface area contributed by atoms with E-state index in [1.165, 1.54) is 26.1 Å². The Morgan fingerprint density at radius 1 is 1.28 bits per heavy atom. The molecule has 1 heterocycles. The zero-order valence-electron chi connectivity index (χ0n) is 10.3. The molecule has 0 aliphatic heterocycles. The largest absolute Gasteiger partial charge is 0.376 e. The second-order valence-electron chi connectivity index (χ2n) is 4.70. The molecule has 92 valence electrons. The Labute approximate surface area is 121 Å². The zero-order chi connectivity index (χ0) is 12.5. The number of nitrogens with one attached hydrogen (secondary N) is 1. The fourth-order valence-electron chi connectivity index (χ4n) is 2.50. The monoisotopic (exact) mass is 350 g/mol. The summed E-state index contributed by atoms with van der Waals surface area (Å²) >= 11 is 2.38. The highest BCUT2D eigenvalue weighted by molar-refractivity contribution is 14.1. The Morgan fingerprint density at radius 2 is 2.17 bits per heavy atom. The first kappa shape index (κ1) is 12.0. The summed E-state index contributed by atoms with van der Waals surface area (Å²) in [7, 11) is 0. The van der Waals surface area contributed by atoms with E-state index in [-0.39, 0.29) is 0 Å². The van der Waals surface area contributed by atoms with Gasteiger partial charge in [-0.2, -0.15) is 0 Å². The average Bonchev–Trinajstić information content (AvgIpc) is 2.79. The van der Waals surface area contributed by atoms with Gasteiger partial charge in [0.25, 0.3) is 0 Å². The van der Waals surface area contributed by atoms with Gasteiger partial charge in [0.1, 0.15) is 0 Å². The molecular weight excluding hydrogens is 335 g/mol. The van der Waals surface area contributed by atoms with E-state index < -0.39 is 0 Å². The minimum atomic E-state index is 0.359. The van der Waals surface area contributed by atoms with Crippen LogP contribution in [0, 0.1) is 10.5 Å². The van der Waals surface area contributed by atoms with Crippen molar-refractivity contribution >= 4 is 28.3 Å². The highest BCUT2D eigenvalue weighted by Gasteiger charge is 2.23. The van der Waals surface area contributed by atoms with Crippen LogP contribution in [0.2, 0.25) is 0 Å². The normalized spacial score (nSPS) is 17.6. The first-order valence-corrected chi connectivity index (χ1v) is 7.29. The van der Waals surface area contributed by atoms with Crippen molar-refractivity contribution in [1.82, 2.24) is 4.98 Å². The lowest BCUT2D eigenvalue weighted by atomic mass is 10.1. The molecule has 3 rings (SSSR count). The molecule has 0 fully saturated rings. The van der Waals surface area contributed by atoms with Gasteiger partial charge in [-0.05, 0) is 71.7 Å². The summed E-state index contributed by atoms with van der Waals surface area (Å²) in [6.07, 6.45) is 4.15. The summed E-state index contributed by atoms with van der Waals surface area (Å²) in [6, 6.07) is 11.0. The van der Waals surface area contributed by atoms with Crippen LogP contribution >= 0.6 is 22.6 Å².